The molecule has 0 aliphatic carbocycles. The molecule has 0 aliphatic rings. The Morgan fingerprint density at radius 1 is 0.932 bits per heavy atom. The van der Waals surface area contributed by atoms with Crippen molar-refractivity contribution in [2.75, 3.05) is 38.7 Å². The predicted molar refractivity (Wildman–Crippen MR) is 171 cm³/mol. The van der Waals surface area contributed by atoms with Crippen molar-refractivity contribution in [3.63, 3.8) is 0 Å². The van der Waals surface area contributed by atoms with Crippen molar-refractivity contribution >= 4 is 39.1 Å². The molecule has 3 aromatic rings. The number of carbonyl (C=O) groups is 2. The monoisotopic (exact) mass is 645 g/mol. The van der Waals surface area contributed by atoms with Gasteiger partial charge in [0.25, 0.3) is 10.0 Å². The van der Waals surface area contributed by atoms with Crippen LogP contribution in [0.2, 0.25) is 5.02 Å². The van der Waals surface area contributed by atoms with E-state index in [0.717, 1.165) is 28.3 Å². The van der Waals surface area contributed by atoms with E-state index in [0.29, 0.717) is 12.3 Å². The van der Waals surface area contributed by atoms with E-state index < -0.39 is 28.5 Å². The van der Waals surface area contributed by atoms with Crippen molar-refractivity contribution in [2.24, 2.45) is 0 Å². The van der Waals surface area contributed by atoms with E-state index in [1.54, 1.807) is 13.0 Å². The number of hydrogen-bond donors (Lipinski definition) is 1. The van der Waals surface area contributed by atoms with Gasteiger partial charge in [0.1, 0.15) is 18.3 Å². The number of ether oxygens (including phenoxy) is 3. The topological polar surface area (TPSA) is 114 Å². The Morgan fingerprint density at radius 2 is 1.61 bits per heavy atom. The van der Waals surface area contributed by atoms with E-state index in [1.807, 2.05) is 38.1 Å². The van der Waals surface area contributed by atoms with Crippen LogP contribution in [0.15, 0.2) is 65.6 Å². The number of hydrogen-bond acceptors (Lipinski definition) is 7. The second-order valence-electron chi connectivity index (χ2n) is 10.2. The van der Waals surface area contributed by atoms with E-state index in [4.69, 9.17) is 25.8 Å². The Morgan fingerprint density at radius 3 is 2.25 bits per heavy atom. The standard InChI is InChI=1S/C32H40ClN3O7S/c1-7-8-16-34-32(38)23(3)35(20-24-11-9-10-22(2)17-24)31(37)21-36(27-18-25(33)12-14-28(27)41-4)44(39,40)26-13-15-29(42-5)30(19-26)43-6/h9-15,17-19,23H,7-8,16,20-21H2,1-6H3,(H,34,38). The van der Waals surface area contributed by atoms with Crippen LogP contribution in [-0.2, 0) is 26.2 Å². The van der Waals surface area contributed by atoms with Gasteiger partial charge in [0.05, 0.1) is 31.9 Å². The lowest BCUT2D eigenvalue weighted by Gasteiger charge is -2.32. The maximum absolute atomic E-state index is 14.3. The van der Waals surface area contributed by atoms with E-state index >= 15 is 0 Å². The highest BCUT2D eigenvalue weighted by atomic mass is 35.5. The largest absolute Gasteiger partial charge is 0.495 e. The van der Waals surface area contributed by atoms with Crippen LogP contribution in [0.3, 0.4) is 0 Å². The van der Waals surface area contributed by atoms with Gasteiger partial charge in [0.2, 0.25) is 11.8 Å². The average molecular weight is 646 g/mol. The van der Waals surface area contributed by atoms with Gasteiger partial charge < -0.3 is 24.4 Å². The summed E-state index contributed by atoms with van der Waals surface area (Å²) in [6.07, 6.45) is 1.68. The molecule has 0 saturated heterocycles. The zero-order chi connectivity index (χ0) is 32.4. The molecule has 0 aliphatic heterocycles. The Bertz CT molecular complexity index is 1570. The van der Waals surface area contributed by atoms with Gasteiger partial charge >= 0.3 is 0 Å². The average Bonchev–Trinajstić information content (AvgIpc) is 3.01. The number of rotatable bonds is 15. The van der Waals surface area contributed by atoms with Gasteiger partial charge in [0.15, 0.2) is 11.5 Å². The van der Waals surface area contributed by atoms with Crippen molar-refractivity contribution in [1.82, 2.24) is 10.2 Å². The molecule has 0 spiro atoms. The number of carbonyl (C=O) groups excluding carboxylic acids is 2. The van der Waals surface area contributed by atoms with E-state index in [2.05, 4.69) is 5.32 Å². The summed E-state index contributed by atoms with van der Waals surface area (Å²) in [5.41, 5.74) is 1.83. The normalized spacial score (nSPS) is 11.8. The molecule has 10 nitrogen and oxygen atoms in total. The van der Waals surface area contributed by atoms with Crippen molar-refractivity contribution in [3.05, 3.63) is 76.8 Å². The lowest BCUT2D eigenvalue weighted by atomic mass is 10.1. The summed E-state index contributed by atoms with van der Waals surface area (Å²) in [6, 6.07) is 15.3. The van der Waals surface area contributed by atoms with Crippen LogP contribution in [0, 0.1) is 6.92 Å². The number of aryl methyl sites for hydroxylation is 1. The fraction of sp³-hybridized carbons (Fsp3) is 0.375. The number of sulfonamides is 1. The first kappa shape index (κ1) is 34.5. The number of nitrogens with one attached hydrogen (secondary N) is 1. The zero-order valence-corrected chi connectivity index (χ0v) is 27.5. The number of nitrogens with zero attached hydrogens (tertiary/aromatic N) is 2. The molecular formula is C32H40ClN3O7S. The van der Waals surface area contributed by atoms with Gasteiger partial charge in [-0.3, -0.25) is 13.9 Å². The second-order valence-corrected chi connectivity index (χ2v) is 12.5. The number of benzene rings is 3. The minimum atomic E-state index is -4.42. The Hall–Kier alpha value is -3.96. The third kappa shape index (κ3) is 8.35. The summed E-state index contributed by atoms with van der Waals surface area (Å²) in [6.45, 7) is 5.47. The lowest BCUT2D eigenvalue weighted by molar-refractivity contribution is -0.139. The van der Waals surface area contributed by atoms with Crippen molar-refractivity contribution in [2.45, 2.75) is 51.1 Å². The molecule has 0 bridgehead atoms. The third-order valence-electron chi connectivity index (χ3n) is 7.06. The highest BCUT2D eigenvalue weighted by Gasteiger charge is 2.34. The van der Waals surface area contributed by atoms with Crippen molar-refractivity contribution in [1.29, 1.82) is 0 Å². The highest BCUT2D eigenvalue weighted by Crippen LogP contribution is 2.37. The molecule has 0 aromatic heterocycles. The van der Waals surface area contributed by atoms with Crippen LogP contribution in [0.1, 0.15) is 37.8 Å². The fourth-order valence-electron chi connectivity index (χ4n) is 4.60. The minimum absolute atomic E-state index is 0.0543. The molecular weight excluding hydrogens is 606 g/mol. The van der Waals surface area contributed by atoms with E-state index in [1.165, 1.54) is 56.6 Å². The summed E-state index contributed by atoms with van der Waals surface area (Å²) in [4.78, 5) is 28.6. The first-order valence-electron chi connectivity index (χ1n) is 14.2. The van der Waals surface area contributed by atoms with Crippen LogP contribution < -0.4 is 23.8 Å². The molecule has 0 fully saturated rings. The van der Waals surface area contributed by atoms with Gasteiger partial charge in [-0.15, -0.1) is 0 Å². The number of amides is 2. The van der Waals surface area contributed by atoms with Gasteiger partial charge in [-0.2, -0.15) is 0 Å². The third-order valence-corrected chi connectivity index (χ3v) is 9.05. The molecule has 0 saturated carbocycles. The van der Waals surface area contributed by atoms with Crippen LogP contribution in [-0.4, -0.2) is 65.6 Å². The Kier molecular flexibility index (Phi) is 12.3. The maximum atomic E-state index is 14.3. The molecule has 1 atom stereocenters. The highest BCUT2D eigenvalue weighted by molar-refractivity contribution is 7.92. The lowest BCUT2D eigenvalue weighted by Crippen LogP contribution is -2.51. The first-order chi connectivity index (χ1) is 21.0. The zero-order valence-electron chi connectivity index (χ0n) is 25.9. The minimum Gasteiger partial charge on any atom is -0.495 e. The summed E-state index contributed by atoms with van der Waals surface area (Å²) >= 11 is 6.31. The number of methoxy groups -OCH3 is 3. The Labute approximate surface area is 264 Å². The molecule has 2 amide bonds. The van der Waals surface area contributed by atoms with Crippen LogP contribution in [0.4, 0.5) is 5.69 Å². The summed E-state index contributed by atoms with van der Waals surface area (Å²) in [5, 5.41) is 3.12. The molecule has 12 heteroatoms. The number of halogens is 1. The summed E-state index contributed by atoms with van der Waals surface area (Å²) in [5.74, 6) is -0.232. The number of unbranched alkanes of at least 4 members (excludes halogenated alkanes) is 1. The molecule has 44 heavy (non-hydrogen) atoms. The molecule has 0 radical (unpaired) electrons. The molecule has 238 valence electrons. The summed E-state index contributed by atoms with van der Waals surface area (Å²) in [7, 11) is -0.195. The van der Waals surface area contributed by atoms with E-state index in [-0.39, 0.29) is 39.6 Å². The Balaban J connectivity index is 2.12. The number of anilines is 1. The quantitative estimate of drug-likeness (QED) is 0.226. The van der Waals surface area contributed by atoms with Crippen LogP contribution in [0.5, 0.6) is 17.2 Å². The van der Waals surface area contributed by atoms with Crippen molar-refractivity contribution in [3.8, 4) is 17.2 Å². The second kappa shape index (κ2) is 15.7. The molecule has 3 rings (SSSR count). The van der Waals surface area contributed by atoms with Crippen molar-refractivity contribution < 1.29 is 32.2 Å². The predicted octanol–water partition coefficient (Wildman–Crippen LogP) is 5.20. The molecule has 3 aromatic carbocycles. The van der Waals surface area contributed by atoms with Crippen LogP contribution >= 0.6 is 11.6 Å². The first-order valence-corrected chi connectivity index (χ1v) is 16.0. The molecule has 0 heterocycles. The van der Waals surface area contributed by atoms with Gasteiger partial charge in [0, 0.05) is 24.2 Å². The van der Waals surface area contributed by atoms with Gasteiger partial charge in [-0.05, 0) is 56.2 Å². The SMILES string of the molecule is CCCCNC(=O)C(C)N(Cc1cccc(C)c1)C(=O)CN(c1cc(Cl)ccc1OC)S(=O)(=O)c1ccc(OC)c(OC)c1. The smallest absolute Gasteiger partial charge is 0.265 e. The van der Waals surface area contributed by atoms with Gasteiger partial charge in [-0.1, -0.05) is 54.8 Å². The summed E-state index contributed by atoms with van der Waals surface area (Å²) < 4.78 is 45.6. The van der Waals surface area contributed by atoms with E-state index in [9.17, 15) is 18.0 Å². The van der Waals surface area contributed by atoms with Crippen LogP contribution in [0.25, 0.3) is 0 Å². The van der Waals surface area contributed by atoms with Gasteiger partial charge in [-0.25, -0.2) is 8.42 Å². The maximum Gasteiger partial charge on any atom is 0.265 e. The molecule has 1 unspecified atom stereocenters. The molecule has 1 N–H and O–H groups in total. The fourth-order valence-corrected chi connectivity index (χ4v) is 6.20.